The second-order valence-corrected chi connectivity index (χ2v) is 2.72. The van der Waals surface area contributed by atoms with Gasteiger partial charge in [0.25, 0.3) is 0 Å². The van der Waals surface area contributed by atoms with Crippen molar-refractivity contribution in [2.75, 3.05) is 13.2 Å². The molecule has 0 aromatic rings. The first-order chi connectivity index (χ1) is 4.34. The minimum absolute atomic E-state index is 0.632. The molecule has 1 aliphatic heterocycles. The highest BCUT2D eigenvalue weighted by Gasteiger charge is 2.21. The molecule has 2 heteroatoms. The van der Waals surface area contributed by atoms with Crippen LogP contribution in [0.5, 0.6) is 0 Å². The summed E-state index contributed by atoms with van der Waals surface area (Å²) in [4.78, 5) is 0. The average molecular weight is 129 g/mol. The highest BCUT2D eigenvalue weighted by Crippen LogP contribution is 2.13. The van der Waals surface area contributed by atoms with Crippen molar-refractivity contribution in [1.29, 1.82) is 0 Å². The molecule has 2 atom stereocenters. The third-order valence-electron chi connectivity index (χ3n) is 2.08. The number of hydrogen-bond donors (Lipinski definition) is 1. The lowest BCUT2D eigenvalue weighted by Gasteiger charge is -2.16. The predicted molar refractivity (Wildman–Crippen MR) is 35.7 cm³/mol. The van der Waals surface area contributed by atoms with Crippen molar-refractivity contribution in [3.8, 4) is 0 Å². The molecule has 2 unspecified atom stereocenters. The van der Waals surface area contributed by atoms with E-state index in [-0.39, 0.29) is 0 Å². The molecule has 0 amide bonds. The summed E-state index contributed by atoms with van der Waals surface area (Å²) in [6, 6.07) is 0.632. The summed E-state index contributed by atoms with van der Waals surface area (Å²) in [6.07, 6.45) is 1.22. The molecule has 0 bridgehead atoms. The Balaban J connectivity index is 2.24. The van der Waals surface area contributed by atoms with Crippen molar-refractivity contribution in [2.45, 2.75) is 19.4 Å². The summed E-state index contributed by atoms with van der Waals surface area (Å²) in [5.41, 5.74) is 0. The van der Waals surface area contributed by atoms with Crippen molar-refractivity contribution in [3.05, 3.63) is 7.05 Å². The van der Waals surface area contributed by atoms with Gasteiger partial charge in [-0.2, -0.15) is 7.05 Å². The van der Waals surface area contributed by atoms with Crippen LogP contribution >= 0.6 is 0 Å². The summed E-state index contributed by atoms with van der Waals surface area (Å²) in [6.45, 7) is 4.09. The van der Waals surface area contributed by atoms with E-state index in [0.717, 1.165) is 19.1 Å². The summed E-state index contributed by atoms with van der Waals surface area (Å²) < 4.78 is 5.23. The second-order valence-electron chi connectivity index (χ2n) is 2.72. The van der Waals surface area contributed by atoms with Crippen LogP contribution in [0.2, 0.25) is 0 Å². The first-order valence-electron chi connectivity index (χ1n) is 3.55. The molecule has 1 aliphatic rings. The topological polar surface area (TPSA) is 25.8 Å². The van der Waals surface area contributed by atoms with Gasteiger partial charge in [-0.25, -0.2) is 0 Å². The second kappa shape index (κ2) is 3.18. The van der Waals surface area contributed by atoms with Gasteiger partial charge in [-0.05, 0) is 13.3 Å². The molecule has 9 heavy (non-hydrogen) atoms. The molecule has 2 N–H and O–H groups in total. The normalized spacial score (nSPS) is 30.7. The Bertz CT molecular complexity index is 79.0. The summed E-state index contributed by atoms with van der Waals surface area (Å²) in [5, 5.41) is 2.01. The first-order valence-corrected chi connectivity index (χ1v) is 3.55. The summed E-state index contributed by atoms with van der Waals surface area (Å²) >= 11 is 0. The molecule has 54 valence electrons. The quantitative estimate of drug-likeness (QED) is 0.512. The van der Waals surface area contributed by atoms with Gasteiger partial charge in [0.15, 0.2) is 0 Å². The van der Waals surface area contributed by atoms with E-state index in [1.807, 2.05) is 5.32 Å². The Morgan fingerprint density at radius 1 is 1.78 bits per heavy atom. The Labute approximate surface area is 56.6 Å². The Hall–Kier alpha value is -0.0800. The zero-order valence-electron chi connectivity index (χ0n) is 5.97. The zero-order chi connectivity index (χ0) is 6.69. The molecule has 1 saturated heterocycles. The van der Waals surface area contributed by atoms with Crippen molar-refractivity contribution >= 4 is 0 Å². The van der Waals surface area contributed by atoms with Crippen LogP contribution < -0.4 is 5.32 Å². The number of ether oxygens (including phenoxy) is 1. The van der Waals surface area contributed by atoms with Crippen LogP contribution in [0, 0.1) is 13.0 Å². The van der Waals surface area contributed by atoms with Crippen LogP contribution in [0.15, 0.2) is 0 Å². The molecule has 0 radical (unpaired) electrons. The predicted octanol–water partition coefficient (Wildman–Crippen LogP) is -0.234. The smallest absolute Gasteiger partial charge is 0.0643 e. The molecular weight excluding hydrogens is 114 g/mol. The molecular formula is C7H15NO. The van der Waals surface area contributed by atoms with E-state index in [9.17, 15) is 0 Å². The lowest BCUT2D eigenvalue weighted by molar-refractivity contribution is -0.637. The van der Waals surface area contributed by atoms with Crippen molar-refractivity contribution < 1.29 is 10.1 Å². The van der Waals surface area contributed by atoms with Gasteiger partial charge >= 0.3 is 0 Å². The van der Waals surface area contributed by atoms with Gasteiger partial charge < -0.3 is 10.1 Å². The Morgan fingerprint density at radius 3 is 3.00 bits per heavy atom. The van der Waals surface area contributed by atoms with Crippen LogP contribution in [-0.4, -0.2) is 19.3 Å². The highest BCUT2D eigenvalue weighted by molar-refractivity contribution is 4.68. The van der Waals surface area contributed by atoms with Gasteiger partial charge in [0.05, 0.1) is 12.6 Å². The van der Waals surface area contributed by atoms with Crippen LogP contribution in [-0.2, 0) is 4.74 Å². The third-order valence-corrected chi connectivity index (χ3v) is 2.08. The average Bonchev–Trinajstić information content (AvgIpc) is 2.37. The summed E-state index contributed by atoms with van der Waals surface area (Å²) in [7, 11) is 3.75. The van der Waals surface area contributed by atoms with E-state index < -0.39 is 0 Å². The van der Waals surface area contributed by atoms with Gasteiger partial charge in [0.1, 0.15) is 0 Å². The number of hydrogen-bond acceptors (Lipinski definition) is 1. The van der Waals surface area contributed by atoms with Crippen LogP contribution in [0.1, 0.15) is 13.3 Å². The number of nitrogens with two attached hydrogens (primary N) is 1. The van der Waals surface area contributed by atoms with E-state index in [0.29, 0.717) is 6.04 Å². The van der Waals surface area contributed by atoms with Gasteiger partial charge in [0, 0.05) is 12.5 Å². The Morgan fingerprint density at radius 2 is 2.56 bits per heavy atom. The standard InChI is InChI=1S/C7H15NO/c1-6(8-2)7-3-4-9-5-7/h6-7H,2-5,8H2,1H3. The van der Waals surface area contributed by atoms with Crippen molar-refractivity contribution in [3.63, 3.8) is 0 Å². The lowest BCUT2D eigenvalue weighted by atomic mass is 10.0. The fourth-order valence-corrected chi connectivity index (χ4v) is 1.16. The van der Waals surface area contributed by atoms with Crippen LogP contribution in [0.4, 0.5) is 0 Å². The first kappa shape index (κ1) is 7.03. The molecule has 0 aliphatic carbocycles. The molecule has 1 rings (SSSR count). The summed E-state index contributed by atoms with van der Waals surface area (Å²) in [5.74, 6) is 0.738. The van der Waals surface area contributed by atoms with Gasteiger partial charge in [-0.3, -0.25) is 0 Å². The minimum Gasteiger partial charge on any atom is -0.476 e. The van der Waals surface area contributed by atoms with Gasteiger partial charge in [0.2, 0.25) is 0 Å². The lowest BCUT2D eigenvalue weighted by Crippen LogP contribution is -2.84. The number of quaternary nitrogens is 1. The van der Waals surface area contributed by atoms with Crippen LogP contribution in [0.3, 0.4) is 0 Å². The number of rotatable bonds is 2. The molecule has 2 nitrogen and oxygen atoms in total. The molecule has 0 aromatic carbocycles. The van der Waals surface area contributed by atoms with Crippen LogP contribution in [0.25, 0.3) is 0 Å². The maximum Gasteiger partial charge on any atom is 0.0643 e. The largest absolute Gasteiger partial charge is 0.476 e. The monoisotopic (exact) mass is 129 g/mol. The van der Waals surface area contributed by atoms with E-state index in [4.69, 9.17) is 4.74 Å². The van der Waals surface area contributed by atoms with E-state index in [2.05, 4.69) is 14.0 Å². The van der Waals surface area contributed by atoms with Crippen molar-refractivity contribution in [2.24, 2.45) is 5.92 Å². The SMILES string of the molecule is [CH2-][NH2+]C(C)C1CCOC1. The van der Waals surface area contributed by atoms with Gasteiger partial charge in [-0.15, -0.1) is 0 Å². The van der Waals surface area contributed by atoms with Crippen molar-refractivity contribution in [1.82, 2.24) is 0 Å². The minimum atomic E-state index is 0.632. The Kier molecular flexibility index (Phi) is 2.49. The van der Waals surface area contributed by atoms with Gasteiger partial charge in [-0.1, -0.05) is 0 Å². The fourth-order valence-electron chi connectivity index (χ4n) is 1.16. The fraction of sp³-hybridized carbons (Fsp3) is 0.857. The maximum absolute atomic E-state index is 5.23. The van der Waals surface area contributed by atoms with E-state index >= 15 is 0 Å². The third kappa shape index (κ3) is 1.66. The zero-order valence-corrected chi connectivity index (χ0v) is 5.97. The molecule has 0 spiro atoms. The molecule has 0 aromatic heterocycles. The van der Waals surface area contributed by atoms with E-state index in [1.165, 1.54) is 6.42 Å². The maximum atomic E-state index is 5.23. The highest BCUT2D eigenvalue weighted by atomic mass is 16.5. The molecule has 1 fully saturated rings. The van der Waals surface area contributed by atoms with E-state index in [1.54, 1.807) is 0 Å². The molecule has 0 saturated carbocycles. The molecule has 1 heterocycles.